The second-order valence-corrected chi connectivity index (χ2v) is 8.37. The van der Waals surface area contributed by atoms with Gasteiger partial charge in [-0.3, -0.25) is 0 Å². The molecule has 4 rings (SSSR count). The van der Waals surface area contributed by atoms with Crippen molar-refractivity contribution in [1.82, 2.24) is 9.88 Å². The molecule has 0 bridgehead atoms. The molecule has 0 radical (unpaired) electrons. The Morgan fingerprint density at radius 2 is 1.55 bits per heavy atom. The van der Waals surface area contributed by atoms with Crippen LogP contribution < -0.4 is 5.32 Å². The monoisotopic (exact) mass is 442 g/mol. The van der Waals surface area contributed by atoms with Gasteiger partial charge in [-0.15, -0.1) is 0 Å². The van der Waals surface area contributed by atoms with Crippen LogP contribution in [-0.2, 0) is 19.5 Å². The summed E-state index contributed by atoms with van der Waals surface area (Å²) in [6, 6.07) is 22.2. The predicted molar refractivity (Wildman–Crippen MR) is 124 cm³/mol. The fourth-order valence-corrected chi connectivity index (χ4v) is 4.18. The molecule has 4 aromatic rings. The first-order valence-corrected chi connectivity index (χ1v) is 10.7. The lowest BCUT2D eigenvalue weighted by Crippen LogP contribution is -2.16. The Morgan fingerprint density at radius 3 is 2.34 bits per heavy atom. The highest BCUT2D eigenvalue weighted by molar-refractivity contribution is 6.35. The van der Waals surface area contributed by atoms with Crippen molar-refractivity contribution in [3.63, 3.8) is 0 Å². The molecule has 0 amide bonds. The van der Waals surface area contributed by atoms with Gasteiger partial charge in [0.15, 0.2) is 0 Å². The molecule has 1 heterocycles. The Kier molecular flexibility index (Phi) is 6.46. The fraction of sp³-hybridized carbons (Fsp3) is 0.167. The molecule has 2 nitrogen and oxygen atoms in total. The molecular weight excluding hydrogens is 423 g/mol. The lowest BCUT2D eigenvalue weighted by molar-refractivity contribution is 0.686. The molecule has 148 valence electrons. The van der Waals surface area contributed by atoms with Crippen molar-refractivity contribution in [2.75, 3.05) is 6.54 Å². The minimum Gasteiger partial charge on any atom is -0.343 e. The summed E-state index contributed by atoms with van der Waals surface area (Å²) in [6.45, 7) is 2.47. The summed E-state index contributed by atoms with van der Waals surface area (Å²) >= 11 is 18.3. The molecule has 0 aliphatic heterocycles. The molecule has 1 N–H and O–H groups in total. The van der Waals surface area contributed by atoms with Crippen molar-refractivity contribution in [2.45, 2.75) is 19.5 Å². The van der Waals surface area contributed by atoms with E-state index in [9.17, 15) is 0 Å². The maximum Gasteiger partial charge on any atom is 0.0486 e. The molecule has 0 fully saturated rings. The number of halogens is 3. The summed E-state index contributed by atoms with van der Waals surface area (Å²) in [5, 5.41) is 6.97. The number of nitrogens with one attached hydrogen (secondary N) is 1. The van der Waals surface area contributed by atoms with Gasteiger partial charge in [0.2, 0.25) is 0 Å². The molecule has 0 saturated heterocycles. The molecule has 0 spiro atoms. The van der Waals surface area contributed by atoms with E-state index in [2.05, 4.69) is 52.5 Å². The molecule has 0 aliphatic rings. The van der Waals surface area contributed by atoms with Crippen LogP contribution in [0, 0.1) is 0 Å². The van der Waals surface area contributed by atoms with Crippen molar-refractivity contribution < 1.29 is 0 Å². The summed E-state index contributed by atoms with van der Waals surface area (Å²) in [5.74, 6) is 0. The van der Waals surface area contributed by atoms with Crippen LogP contribution in [0.15, 0.2) is 72.9 Å². The third kappa shape index (κ3) is 4.96. The van der Waals surface area contributed by atoms with Crippen molar-refractivity contribution in [3.8, 4) is 0 Å². The van der Waals surface area contributed by atoms with Crippen LogP contribution in [0.4, 0.5) is 0 Å². The van der Waals surface area contributed by atoms with E-state index in [1.165, 1.54) is 22.0 Å². The number of aromatic nitrogens is 1. The highest BCUT2D eigenvalue weighted by atomic mass is 35.5. The smallest absolute Gasteiger partial charge is 0.0486 e. The normalized spacial score (nSPS) is 11.3. The quantitative estimate of drug-likeness (QED) is 0.305. The minimum atomic E-state index is 0.667. The van der Waals surface area contributed by atoms with Crippen LogP contribution in [0.25, 0.3) is 10.9 Å². The second-order valence-electron chi connectivity index (χ2n) is 7.09. The summed E-state index contributed by atoms with van der Waals surface area (Å²) in [6.07, 6.45) is 3.10. The number of benzene rings is 3. The Morgan fingerprint density at radius 1 is 0.793 bits per heavy atom. The number of hydrogen-bond donors (Lipinski definition) is 1. The first kappa shape index (κ1) is 20.3. The molecule has 29 heavy (non-hydrogen) atoms. The van der Waals surface area contributed by atoms with E-state index < -0.39 is 0 Å². The van der Waals surface area contributed by atoms with E-state index in [-0.39, 0.29) is 0 Å². The number of para-hydroxylation sites is 1. The van der Waals surface area contributed by atoms with Crippen LogP contribution in [0.5, 0.6) is 0 Å². The Bertz CT molecular complexity index is 1120. The maximum atomic E-state index is 6.27. The van der Waals surface area contributed by atoms with Gasteiger partial charge in [0.05, 0.1) is 0 Å². The Labute approximate surface area is 186 Å². The van der Waals surface area contributed by atoms with Gasteiger partial charge in [0.1, 0.15) is 0 Å². The van der Waals surface area contributed by atoms with Gasteiger partial charge in [-0.1, -0.05) is 71.2 Å². The molecule has 5 heteroatoms. The van der Waals surface area contributed by atoms with Crippen LogP contribution in [-0.4, -0.2) is 11.1 Å². The summed E-state index contributed by atoms with van der Waals surface area (Å²) < 4.78 is 2.30. The zero-order chi connectivity index (χ0) is 20.2. The molecule has 3 aromatic carbocycles. The molecule has 0 atom stereocenters. The Balaban J connectivity index is 1.45. The highest BCUT2D eigenvalue weighted by Gasteiger charge is 2.09. The van der Waals surface area contributed by atoms with Crippen LogP contribution >= 0.6 is 34.8 Å². The van der Waals surface area contributed by atoms with Gasteiger partial charge in [0, 0.05) is 45.3 Å². The van der Waals surface area contributed by atoms with Gasteiger partial charge in [-0.25, -0.2) is 0 Å². The van der Waals surface area contributed by atoms with Crippen molar-refractivity contribution in [1.29, 1.82) is 0 Å². The molecule has 1 aromatic heterocycles. The lowest BCUT2D eigenvalue weighted by Gasteiger charge is -2.07. The van der Waals surface area contributed by atoms with Gasteiger partial charge < -0.3 is 9.88 Å². The zero-order valence-electron chi connectivity index (χ0n) is 15.8. The fourth-order valence-electron chi connectivity index (χ4n) is 3.55. The largest absolute Gasteiger partial charge is 0.343 e. The number of nitrogens with zero attached hydrogens (tertiary/aromatic N) is 1. The lowest BCUT2D eigenvalue weighted by atomic mass is 10.1. The number of hydrogen-bond acceptors (Lipinski definition) is 1. The number of fused-ring (bicyclic) bond motifs is 1. The SMILES string of the molecule is Clc1ccc(Cn2cc(CNCCc3ccc(Cl)cc3Cl)c3ccccc32)cc1. The van der Waals surface area contributed by atoms with Gasteiger partial charge in [-0.05, 0) is 60.0 Å². The summed E-state index contributed by atoms with van der Waals surface area (Å²) in [7, 11) is 0. The molecule has 0 aliphatic carbocycles. The van der Waals surface area contributed by atoms with Gasteiger partial charge in [-0.2, -0.15) is 0 Å². The molecular formula is C24H21Cl3N2. The first-order valence-electron chi connectivity index (χ1n) is 9.56. The van der Waals surface area contributed by atoms with Crippen LogP contribution in [0.1, 0.15) is 16.7 Å². The van der Waals surface area contributed by atoms with E-state index in [1.807, 2.05) is 24.3 Å². The zero-order valence-corrected chi connectivity index (χ0v) is 18.1. The second kappa shape index (κ2) is 9.23. The first-order chi connectivity index (χ1) is 14.1. The van der Waals surface area contributed by atoms with E-state index in [1.54, 1.807) is 6.07 Å². The van der Waals surface area contributed by atoms with Gasteiger partial charge in [0.25, 0.3) is 0 Å². The van der Waals surface area contributed by atoms with E-state index >= 15 is 0 Å². The number of rotatable bonds is 7. The minimum absolute atomic E-state index is 0.667. The van der Waals surface area contributed by atoms with Crippen molar-refractivity contribution in [3.05, 3.63) is 105 Å². The third-order valence-corrected chi connectivity index (χ3v) is 5.88. The third-order valence-electron chi connectivity index (χ3n) is 5.04. The van der Waals surface area contributed by atoms with Crippen molar-refractivity contribution in [2.24, 2.45) is 0 Å². The predicted octanol–water partition coefficient (Wildman–Crippen LogP) is 6.98. The topological polar surface area (TPSA) is 17.0 Å². The van der Waals surface area contributed by atoms with Crippen LogP contribution in [0.2, 0.25) is 15.1 Å². The molecule has 0 saturated carbocycles. The summed E-state index contributed by atoms with van der Waals surface area (Å²) in [5.41, 5.74) is 4.86. The summed E-state index contributed by atoms with van der Waals surface area (Å²) in [4.78, 5) is 0. The standard InChI is InChI=1S/C24H21Cl3N2/c25-20-8-5-17(6-9-20)15-29-16-19(22-3-1-2-4-24(22)29)14-28-12-11-18-7-10-21(26)13-23(18)27/h1-10,13,16,28H,11-12,14-15H2. The average Bonchev–Trinajstić information content (AvgIpc) is 3.06. The Hall–Kier alpha value is -1.97. The van der Waals surface area contributed by atoms with E-state index in [0.717, 1.165) is 41.7 Å². The van der Waals surface area contributed by atoms with E-state index in [4.69, 9.17) is 34.8 Å². The van der Waals surface area contributed by atoms with Crippen molar-refractivity contribution >= 4 is 45.7 Å². The van der Waals surface area contributed by atoms with Crippen LogP contribution in [0.3, 0.4) is 0 Å². The molecule has 0 unspecified atom stereocenters. The van der Waals surface area contributed by atoms with E-state index in [0.29, 0.717) is 5.02 Å². The average molecular weight is 444 g/mol. The van der Waals surface area contributed by atoms with Gasteiger partial charge >= 0.3 is 0 Å². The highest BCUT2D eigenvalue weighted by Crippen LogP contribution is 2.24. The maximum absolute atomic E-state index is 6.27.